The van der Waals surface area contributed by atoms with Crippen LogP contribution in [-0.2, 0) is 6.42 Å². The zero-order valence-electron chi connectivity index (χ0n) is 17.7. The molecule has 0 aromatic carbocycles. The zero-order chi connectivity index (χ0) is 22.9. The molecule has 1 aliphatic carbocycles. The first kappa shape index (κ1) is 21.8. The van der Waals surface area contributed by atoms with E-state index in [-0.39, 0.29) is 45.7 Å². The highest BCUT2D eigenvalue weighted by molar-refractivity contribution is 7.08. The van der Waals surface area contributed by atoms with E-state index < -0.39 is 17.5 Å². The van der Waals surface area contributed by atoms with E-state index in [1.807, 2.05) is 16.8 Å². The third kappa shape index (κ3) is 4.55. The number of hydrogen-bond acceptors (Lipinski definition) is 5. The summed E-state index contributed by atoms with van der Waals surface area (Å²) in [4.78, 5) is 20.6. The first-order valence-corrected chi connectivity index (χ1v) is 11.8. The number of nitrogens with zero attached hydrogens (tertiary/aromatic N) is 3. The highest BCUT2D eigenvalue weighted by Gasteiger charge is 2.27. The summed E-state index contributed by atoms with van der Waals surface area (Å²) in [5.74, 6) is -1.61. The van der Waals surface area contributed by atoms with E-state index in [0.29, 0.717) is 12.8 Å². The Labute approximate surface area is 192 Å². The van der Waals surface area contributed by atoms with Crippen molar-refractivity contribution in [3.63, 3.8) is 0 Å². The maximum atomic E-state index is 14.6. The summed E-state index contributed by atoms with van der Waals surface area (Å²) in [5, 5.41) is 10.7. The first-order valence-electron chi connectivity index (χ1n) is 10.9. The molecule has 9 heteroatoms. The molecule has 0 aliphatic heterocycles. The maximum absolute atomic E-state index is 14.6. The molecule has 170 valence electrons. The van der Waals surface area contributed by atoms with Crippen LogP contribution in [0.25, 0.3) is 22.4 Å². The van der Waals surface area contributed by atoms with Crippen molar-refractivity contribution in [2.75, 3.05) is 0 Å². The van der Waals surface area contributed by atoms with Crippen LogP contribution in [0.15, 0.2) is 35.2 Å². The molecule has 0 radical (unpaired) electrons. The van der Waals surface area contributed by atoms with Crippen LogP contribution in [-0.4, -0.2) is 25.9 Å². The molecule has 5 nitrogen and oxygen atoms in total. The molecule has 0 unspecified atom stereocenters. The number of fused-ring (bicyclic) bond motifs is 1. The Morgan fingerprint density at radius 2 is 2.00 bits per heavy atom. The predicted molar refractivity (Wildman–Crippen MR) is 119 cm³/mol. The second-order valence-corrected chi connectivity index (χ2v) is 9.39. The normalized spacial score (nSPS) is 18.6. The minimum Gasteiger partial charge on any atom is -0.294 e. The van der Waals surface area contributed by atoms with Crippen LogP contribution in [0.2, 0.25) is 0 Å². The van der Waals surface area contributed by atoms with Gasteiger partial charge < -0.3 is 0 Å². The number of rotatable bonds is 6. The predicted octanol–water partition coefficient (Wildman–Crippen LogP) is 6.12. The van der Waals surface area contributed by atoms with Crippen molar-refractivity contribution < 1.29 is 18.0 Å². The van der Waals surface area contributed by atoms with Crippen molar-refractivity contribution in [1.29, 1.82) is 0 Å². The topological polar surface area (TPSA) is 71.5 Å². The second-order valence-electron chi connectivity index (χ2n) is 8.61. The molecule has 1 N–H and O–H groups in total. The van der Waals surface area contributed by atoms with Gasteiger partial charge in [-0.3, -0.25) is 9.89 Å². The van der Waals surface area contributed by atoms with Gasteiger partial charge in [-0.2, -0.15) is 16.4 Å². The minimum absolute atomic E-state index is 0.110. The fourth-order valence-corrected chi connectivity index (χ4v) is 5.39. The van der Waals surface area contributed by atoms with E-state index in [0.717, 1.165) is 43.5 Å². The monoisotopic (exact) mass is 470 g/mol. The third-order valence-corrected chi connectivity index (χ3v) is 6.99. The van der Waals surface area contributed by atoms with Crippen molar-refractivity contribution in [1.82, 2.24) is 20.2 Å². The van der Waals surface area contributed by atoms with Crippen LogP contribution in [0, 0.1) is 29.3 Å². The van der Waals surface area contributed by atoms with Gasteiger partial charge in [0.15, 0.2) is 17.2 Å². The number of ketones is 1. The summed E-state index contributed by atoms with van der Waals surface area (Å²) in [5.41, 5.74) is 1.19. The Morgan fingerprint density at radius 1 is 1.15 bits per heavy atom. The summed E-state index contributed by atoms with van der Waals surface area (Å²) in [7, 11) is 0. The van der Waals surface area contributed by atoms with Crippen LogP contribution < -0.4 is 0 Å². The van der Waals surface area contributed by atoms with Crippen LogP contribution in [0.3, 0.4) is 0 Å². The molecule has 4 heterocycles. The quantitative estimate of drug-likeness (QED) is 0.345. The number of aromatic amines is 1. The Hall–Kier alpha value is -3.07. The number of hydrogen-bond donors (Lipinski definition) is 1. The van der Waals surface area contributed by atoms with Gasteiger partial charge in [0.1, 0.15) is 17.3 Å². The molecule has 1 aliphatic rings. The molecule has 5 rings (SSSR count). The van der Waals surface area contributed by atoms with E-state index >= 15 is 0 Å². The van der Waals surface area contributed by atoms with Gasteiger partial charge in [-0.05, 0) is 48.6 Å². The summed E-state index contributed by atoms with van der Waals surface area (Å²) in [6.45, 7) is 0. The largest absolute Gasteiger partial charge is 0.294 e. The van der Waals surface area contributed by atoms with Crippen molar-refractivity contribution >= 4 is 28.2 Å². The molecular formula is C24H21F3N4OS. The average Bonchev–Trinajstić information content (AvgIpc) is 3.46. The molecule has 0 amide bonds. The number of thiophene rings is 1. The van der Waals surface area contributed by atoms with E-state index in [9.17, 15) is 18.0 Å². The van der Waals surface area contributed by atoms with Gasteiger partial charge >= 0.3 is 0 Å². The number of aromatic nitrogens is 4. The van der Waals surface area contributed by atoms with Gasteiger partial charge in [0, 0.05) is 23.4 Å². The standard InChI is InChI=1S/C24H21F3N4OS/c25-16-9-17-22(30-31-24(17)28-11-16)23-19(27)10-18(26)20(29-23)7-13-2-1-3-14(6-13)8-21(32)15-4-5-33-12-15/h4-5,9-14H,1-3,6-8H2,(H,28,30,31)/t13-,14+/m0/s1. The van der Waals surface area contributed by atoms with Crippen LogP contribution in [0.1, 0.15) is 48.2 Å². The Morgan fingerprint density at radius 3 is 2.82 bits per heavy atom. The Balaban J connectivity index is 1.36. The number of carbonyl (C=O) groups excluding carboxylic acids is 1. The average molecular weight is 471 g/mol. The van der Waals surface area contributed by atoms with Crippen molar-refractivity contribution in [3.8, 4) is 11.4 Å². The minimum atomic E-state index is -0.853. The second kappa shape index (κ2) is 9.05. The molecule has 1 fully saturated rings. The van der Waals surface area contributed by atoms with Crippen molar-refractivity contribution in [3.05, 3.63) is 63.9 Å². The highest BCUT2D eigenvalue weighted by Crippen LogP contribution is 2.35. The van der Waals surface area contributed by atoms with Gasteiger partial charge in [0.05, 0.1) is 23.0 Å². The smallest absolute Gasteiger partial charge is 0.181 e. The van der Waals surface area contributed by atoms with Gasteiger partial charge in [-0.1, -0.05) is 12.8 Å². The third-order valence-electron chi connectivity index (χ3n) is 6.31. The number of H-pyrrole nitrogens is 1. The lowest BCUT2D eigenvalue weighted by Gasteiger charge is -2.28. The van der Waals surface area contributed by atoms with Crippen molar-refractivity contribution in [2.24, 2.45) is 11.8 Å². The van der Waals surface area contributed by atoms with Crippen LogP contribution in [0.4, 0.5) is 13.2 Å². The number of pyridine rings is 2. The van der Waals surface area contributed by atoms with Crippen molar-refractivity contribution in [2.45, 2.75) is 38.5 Å². The zero-order valence-corrected chi connectivity index (χ0v) is 18.5. The molecule has 0 spiro atoms. The summed E-state index contributed by atoms with van der Waals surface area (Å²) >= 11 is 1.50. The molecular weight excluding hydrogens is 449 g/mol. The number of nitrogens with one attached hydrogen (secondary N) is 1. The fraction of sp³-hybridized carbons (Fsp3) is 0.333. The lowest BCUT2D eigenvalue weighted by atomic mass is 9.77. The van der Waals surface area contributed by atoms with Gasteiger partial charge in [0.2, 0.25) is 0 Å². The molecule has 0 bridgehead atoms. The highest BCUT2D eigenvalue weighted by atomic mass is 32.1. The summed E-state index contributed by atoms with van der Waals surface area (Å²) in [6.07, 6.45) is 5.48. The van der Waals surface area contributed by atoms with Crippen LogP contribution in [0.5, 0.6) is 0 Å². The number of carbonyl (C=O) groups is 1. The Kier molecular flexibility index (Phi) is 5.97. The molecule has 33 heavy (non-hydrogen) atoms. The molecule has 1 saturated carbocycles. The molecule has 4 aromatic rings. The summed E-state index contributed by atoms with van der Waals surface area (Å²) in [6, 6.07) is 3.85. The summed E-state index contributed by atoms with van der Waals surface area (Å²) < 4.78 is 43.0. The van der Waals surface area contributed by atoms with Gasteiger partial charge in [0.25, 0.3) is 0 Å². The van der Waals surface area contributed by atoms with E-state index in [2.05, 4.69) is 20.2 Å². The maximum Gasteiger partial charge on any atom is 0.181 e. The molecule has 0 saturated heterocycles. The van der Waals surface area contributed by atoms with E-state index in [1.54, 1.807) is 0 Å². The number of Topliss-reactive ketones (excluding diaryl/α,β-unsaturated/α-hetero) is 1. The lowest BCUT2D eigenvalue weighted by molar-refractivity contribution is 0.0940. The van der Waals surface area contributed by atoms with Gasteiger partial charge in [-0.25, -0.2) is 23.1 Å². The SMILES string of the molecule is O=C(C[C@@H]1CCC[C@H](Cc2nc(-c3[nH]nc4ncc(F)cc34)c(F)cc2F)C1)c1ccsc1. The Bertz CT molecular complexity index is 1300. The molecule has 2 atom stereocenters. The van der Waals surface area contributed by atoms with Crippen LogP contribution >= 0.6 is 11.3 Å². The van der Waals surface area contributed by atoms with E-state index in [1.165, 1.54) is 17.4 Å². The molecule has 4 aromatic heterocycles. The first-order chi connectivity index (χ1) is 16.0. The number of halogens is 3. The van der Waals surface area contributed by atoms with Gasteiger partial charge in [-0.15, -0.1) is 0 Å². The lowest BCUT2D eigenvalue weighted by Crippen LogP contribution is -2.21. The van der Waals surface area contributed by atoms with E-state index in [4.69, 9.17) is 0 Å². The fourth-order valence-electron chi connectivity index (χ4n) is 4.73.